The first-order valence-electron chi connectivity index (χ1n) is 15.6. The van der Waals surface area contributed by atoms with Crippen LogP contribution < -0.4 is 0 Å². The highest BCUT2D eigenvalue weighted by molar-refractivity contribution is 5.91. The third-order valence-corrected chi connectivity index (χ3v) is 8.21. The zero-order valence-corrected chi connectivity index (χ0v) is 25.5. The van der Waals surface area contributed by atoms with Gasteiger partial charge in [-0.3, -0.25) is 0 Å². The summed E-state index contributed by atoms with van der Waals surface area (Å²) in [4.78, 5) is 24.6. The Morgan fingerprint density at radius 1 is 0.333 bits per heavy atom. The molecule has 7 heteroatoms. The Bertz CT molecular complexity index is 2560. The fraction of sp³-hybridized carbons (Fsp3) is 0. The van der Waals surface area contributed by atoms with E-state index in [0.29, 0.717) is 40.4 Å². The smallest absolute Gasteiger partial charge is 0.227 e. The number of rotatable bonds is 6. The van der Waals surface area contributed by atoms with Crippen LogP contribution in [0.1, 0.15) is 0 Å². The van der Waals surface area contributed by atoms with Crippen LogP contribution in [0.2, 0.25) is 0 Å². The second-order valence-corrected chi connectivity index (χ2v) is 11.4. The highest BCUT2D eigenvalue weighted by Crippen LogP contribution is 2.34. The number of benzene rings is 6. The van der Waals surface area contributed by atoms with Crippen molar-refractivity contribution in [3.63, 3.8) is 0 Å². The first kappa shape index (κ1) is 27.6. The number of aromatic nitrogens is 5. The van der Waals surface area contributed by atoms with Gasteiger partial charge in [0.2, 0.25) is 11.8 Å². The molecule has 9 aromatic rings. The first-order valence-corrected chi connectivity index (χ1v) is 15.6. The van der Waals surface area contributed by atoms with Gasteiger partial charge in [-0.25, -0.2) is 24.9 Å². The van der Waals surface area contributed by atoms with Crippen LogP contribution in [-0.2, 0) is 0 Å². The second-order valence-electron chi connectivity index (χ2n) is 11.4. The van der Waals surface area contributed by atoms with Crippen LogP contribution in [-0.4, -0.2) is 24.9 Å². The fourth-order valence-electron chi connectivity index (χ4n) is 5.82. The van der Waals surface area contributed by atoms with E-state index in [9.17, 15) is 0 Å². The molecule has 9 rings (SSSR count). The molecule has 0 bridgehead atoms. The van der Waals surface area contributed by atoms with Crippen molar-refractivity contribution in [1.29, 1.82) is 0 Å². The number of oxazole rings is 2. The maximum atomic E-state index is 6.17. The van der Waals surface area contributed by atoms with Crippen LogP contribution in [0.5, 0.6) is 0 Å². The van der Waals surface area contributed by atoms with Crippen molar-refractivity contribution >= 4 is 22.2 Å². The number of hydrogen-bond acceptors (Lipinski definition) is 7. The van der Waals surface area contributed by atoms with E-state index in [0.717, 1.165) is 50.0 Å². The van der Waals surface area contributed by atoms with E-state index in [1.54, 1.807) is 0 Å². The van der Waals surface area contributed by atoms with Gasteiger partial charge in [-0.2, -0.15) is 0 Å². The van der Waals surface area contributed by atoms with Gasteiger partial charge in [0.1, 0.15) is 11.0 Å². The molecule has 226 valence electrons. The average molecular weight is 620 g/mol. The number of fused-ring (bicyclic) bond motifs is 2. The molecule has 0 aliphatic heterocycles. The zero-order valence-electron chi connectivity index (χ0n) is 25.5. The van der Waals surface area contributed by atoms with Crippen LogP contribution >= 0.6 is 0 Å². The van der Waals surface area contributed by atoms with Crippen molar-refractivity contribution in [2.75, 3.05) is 0 Å². The van der Waals surface area contributed by atoms with Gasteiger partial charge in [0.25, 0.3) is 0 Å². The van der Waals surface area contributed by atoms with Crippen LogP contribution in [0.4, 0.5) is 0 Å². The van der Waals surface area contributed by atoms with Crippen molar-refractivity contribution in [3.8, 4) is 68.2 Å². The number of para-hydroxylation sites is 1. The Labute approximate surface area is 275 Å². The van der Waals surface area contributed by atoms with Gasteiger partial charge in [-0.1, -0.05) is 97.1 Å². The molecule has 7 nitrogen and oxygen atoms in total. The maximum absolute atomic E-state index is 6.17. The highest BCUT2D eigenvalue weighted by atomic mass is 16.4. The molecule has 48 heavy (non-hydrogen) atoms. The van der Waals surface area contributed by atoms with Gasteiger partial charge in [-0.15, -0.1) is 0 Å². The standard InChI is InChI=1S/C41H25N5O2/c1-4-12-26(13-5-1)37-44-38(46-39(45-37)32-20-11-21-35-36(32)43-41(48-35)28-16-8-3-9-17-28)31-19-10-18-29(24-31)30-22-23-34-33(25-30)42-40(47-34)27-14-6-2-7-15-27/h1-25H. The normalized spacial score (nSPS) is 11.3. The highest BCUT2D eigenvalue weighted by Gasteiger charge is 2.18. The third-order valence-electron chi connectivity index (χ3n) is 8.21. The van der Waals surface area contributed by atoms with E-state index in [1.807, 2.05) is 140 Å². The zero-order chi connectivity index (χ0) is 31.9. The van der Waals surface area contributed by atoms with Gasteiger partial charge in [0, 0.05) is 27.8 Å². The minimum Gasteiger partial charge on any atom is -0.436 e. The van der Waals surface area contributed by atoms with E-state index in [2.05, 4.69) is 12.1 Å². The molecule has 0 unspecified atom stereocenters. The van der Waals surface area contributed by atoms with E-state index in [1.165, 1.54) is 0 Å². The number of hydrogen-bond donors (Lipinski definition) is 0. The minimum atomic E-state index is 0.514. The molecular formula is C41H25N5O2. The summed E-state index contributed by atoms with van der Waals surface area (Å²) in [7, 11) is 0. The molecule has 0 atom stereocenters. The predicted molar refractivity (Wildman–Crippen MR) is 188 cm³/mol. The summed E-state index contributed by atoms with van der Waals surface area (Å²) in [6, 6.07) is 49.8. The lowest BCUT2D eigenvalue weighted by atomic mass is 10.0. The van der Waals surface area contributed by atoms with Gasteiger partial charge in [-0.05, 0) is 65.7 Å². The average Bonchev–Trinajstić information content (AvgIpc) is 3.81. The molecule has 6 aromatic carbocycles. The van der Waals surface area contributed by atoms with Crippen LogP contribution in [0.25, 0.3) is 90.4 Å². The Kier molecular flexibility index (Phi) is 6.64. The molecule has 0 fully saturated rings. The molecular weight excluding hydrogens is 594 g/mol. The summed E-state index contributed by atoms with van der Waals surface area (Å²) in [6.45, 7) is 0. The second kappa shape index (κ2) is 11.6. The Morgan fingerprint density at radius 2 is 0.875 bits per heavy atom. The molecule has 0 amide bonds. The summed E-state index contributed by atoms with van der Waals surface area (Å²) in [5.74, 6) is 2.78. The predicted octanol–water partition coefficient (Wildman–Crippen LogP) is 10.2. The summed E-state index contributed by atoms with van der Waals surface area (Å²) in [5.41, 5.74) is 9.25. The lowest BCUT2D eigenvalue weighted by molar-refractivity contribution is 0.619. The topological polar surface area (TPSA) is 90.7 Å². The van der Waals surface area contributed by atoms with Gasteiger partial charge < -0.3 is 8.83 Å². The fourth-order valence-corrected chi connectivity index (χ4v) is 5.82. The summed E-state index contributed by atoms with van der Waals surface area (Å²) < 4.78 is 12.2. The summed E-state index contributed by atoms with van der Waals surface area (Å²) in [6.07, 6.45) is 0. The van der Waals surface area contributed by atoms with E-state index in [-0.39, 0.29) is 0 Å². The lowest BCUT2D eigenvalue weighted by Crippen LogP contribution is -2.00. The van der Waals surface area contributed by atoms with E-state index >= 15 is 0 Å². The molecule has 3 aromatic heterocycles. The Balaban J connectivity index is 1.15. The van der Waals surface area contributed by atoms with Crippen molar-refractivity contribution in [1.82, 2.24) is 24.9 Å². The van der Waals surface area contributed by atoms with E-state index in [4.69, 9.17) is 33.8 Å². The number of nitrogens with zero attached hydrogens (tertiary/aromatic N) is 5. The Hall–Kier alpha value is -6.73. The summed E-state index contributed by atoms with van der Waals surface area (Å²) in [5, 5.41) is 0. The molecule has 0 saturated carbocycles. The van der Waals surface area contributed by atoms with Crippen molar-refractivity contribution < 1.29 is 8.83 Å². The first-order chi connectivity index (χ1) is 23.7. The SMILES string of the molecule is c1ccc(-c2nc(-c3cccc(-c4ccc5oc(-c6ccccc6)nc5c4)c3)nc(-c3cccc4oc(-c5ccccc5)nc34)n2)cc1. The monoisotopic (exact) mass is 619 g/mol. The third kappa shape index (κ3) is 5.09. The Morgan fingerprint density at radius 3 is 1.60 bits per heavy atom. The van der Waals surface area contributed by atoms with Crippen molar-refractivity contribution in [2.45, 2.75) is 0 Å². The lowest BCUT2D eigenvalue weighted by Gasteiger charge is -2.10. The molecule has 0 N–H and O–H groups in total. The van der Waals surface area contributed by atoms with Crippen LogP contribution in [0, 0.1) is 0 Å². The van der Waals surface area contributed by atoms with Crippen molar-refractivity contribution in [2.24, 2.45) is 0 Å². The van der Waals surface area contributed by atoms with Crippen LogP contribution in [0.3, 0.4) is 0 Å². The molecule has 0 saturated heterocycles. The molecule has 0 aliphatic rings. The van der Waals surface area contributed by atoms with Gasteiger partial charge in [0.15, 0.2) is 28.6 Å². The quantitative estimate of drug-likeness (QED) is 0.183. The van der Waals surface area contributed by atoms with Gasteiger partial charge >= 0.3 is 0 Å². The molecule has 0 radical (unpaired) electrons. The minimum absolute atomic E-state index is 0.514. The summed E-state index contributed by atoms with van der Waals surface area (Å²) >= 11 is 0. The molecule has 0 aliphatic carbocycles. The molecule has 0 spiro atoms. The van der Waals surface area contributed by atoms with Gasteiger partial charge in [0.05, 0.1) is 0 Å². The van der Waals surface area contributed by atoms with Crippen LogP contribution in [0.15, 0.2) is 160 Å². The van der Waals surface area contributed by atoms with E-state index < -0.39 is 0 Å². The largest absolute Gasteiger partial charge is 0.436 e. The molecule has 3 heterocycles. The maximum Gasteiger partial charge on any atom is 0.227 e. The van der Waals surface area contributed by atoms with Crippen molar-refractivity contribution in [3.05, 3.63) is 152 Å².